The number of aliphatic hydroxyl groups is 1. The van der Waals surface area contributed by atoms with Gasteiger partial charge in [0.05, 0.1) is 0 Å². The molecule has 0 aliphatic carbocycles. The molecule has 18 heavy (non-hydrogen) atoms. The fourth-order valence-electron chi connectivity index (χ4n) is 2.02. The van der Waals surface area contributed by atoms with Gasteiger partial charge in [0.15, 0.2) is 6.29 Å². The predicted octanol–water partition coefficient (Wildman–Crippen LogP) is 3.22. The van der Waals surface area contributed by atoms with Crippen molar-refractivity contribution in [3.63, 3.8) is 0 Å². The Morgan fingerprint density at radius 2 is 1.78 bits per heavy atom. The topological polar surface area (TPSA) is 42.4 Å². The Bertz CT molecular complexity index is 499. The molecule has 0 radical (unpaired) electrons. The lowest BCUT2D eigenvalue weighted by molar-refractivity contribution is -0.109. The molecule has 3 heteroatoms. The van der Waals surface area contributed by atoms with E-state index in [-0.39, 0.29) is 6.10 Å². The number of rotatable bonds is 1. The van der Waals surface area contributed by atoms with Gasteiger partial charge in [-0.15, -0.1) is 0 Å². The molecule has 0 bridgehead atoms. The standard InChI is InChI=1S/C13H11NO2.C2H6/c15-13-11-8-14-7-6-10(11)12(16-13)9-4-2-1-3-5-9;1-2/h1-8,12-13,15H;1-2H3. The monoisotopic (exact) mass is 243 g/mol. The summed E-state index contributed by atoms with van der Waals surface area (Å²) in [4.78, 5) is 3.99. The predicted molar refractivity (Wildman–Crippen MR) is 69.9 cm³/mol. The van der Waals surface area contributed by atoms with Gasteiger partial charge in [-0.2, -0.15) is 0 Å². The van der Waals surface area contributed by atoms with Crippen LogP contribution in [-0.4, -0.2) is 10.1 Å². The molecule has 1 aromatic carbocycles. The molecule has 3 rings (SSSR count). The average Bonchev–Trinajstić information content (AvgIpc) is 2.80. The third-order valence-corrected chi connectivity index (χ3v) is 2.80. The van der Waals surface area contributed by atoms with Crippen molar-refractivity contribution in [3.05, 3.63) is 65.5 Å². The summed E-state index contributed by atoms with van der Waals surface area (Å²) in [5.41, 5.74) is 2.80. The van der Waals surface area contributed by atoms with Crippen LogP contribution in [0.5, 0.6) is 0 Å². The summed E-state index contributed by atoms with van der Waals surface area (Å²) in [6, 6.07) is 11.8. The highest BCUT2D eigenvalue weighted by Gasteiger charge is 2.31. The lowest BCUT2D eigenvalue weighted by Crippen LogP contribution is -1.99. The van der Waals surface area contributed by atoms with Crippen LogP contribution < -0.4 is 0 Å². The zero-order valence-electron chi connectivity index (χ0n) is 10.6. The van der Waals surface area contributed by atoms with E-state index in [1.807, 2.05) is 50.2 Å². The highest BCUT2D eigenvalue weighted by Crippen LogP contribution is 2.40. The van der Waals surface area contributed by atoms with E-state index in [0.717, 1.165) is 16.7 Å². The molecule has 2 atom stereocenters. The minimum atomic E-state index is -0.867. The van der Waals surface area contributed by atoms with Gasteiger partial charge in [0.1, 0.15) is 6.10 Å². The molecule has 0 saturated heterocycles. The SMILES string of the molecule is CC.OC1OC(c2ccccc2)c2ccncc21. The number of aliphatic hydroxyl groups excluding tert-OH is 1. The highest BCUT2D eigenvalue weighted by atomic mass is 16.6. The van der Waals surface area contributed by atoms with Crippen molar-refractivity contribution in [3.8, 4) is 0 Å². The molecule has 1 aliphatic heterocycles. The summed E-state index contributed by atoms with van der Waals surface area (Å²) in [6.45, 7) is 4.00. The molecule has 0 amide bonds. The van der Waals surface area contributed by atoms with Gasteiger partial charge in [0.2, 0.25) is 0 Å². The van der Waals surface area contributed by atoms with Crippen molar-refractivity contribution in [2.75, 3.05) is 0 Å². The third-order valence-electron chi connectivity index (χ3n) is 2.80. The van der Waals surface area contributed by atoms with Gasteiger partial charge in [-0.3, -0.25) is 4.98 Å². The normalized spacial score (nSPS) is 20.8. The van der Waals surface area contributed by atoms with Crippen molar-refractivity contribution in [1.82, 2.24) is 4.98 Å². The smallest absolute Gasteiger partial charge is 0.184 e. The van der Waals surface area contributed by atoms with Crippen molar-refractivity contribution in [2.24, 2.45) is 0 Å². The molecule has 0 fully saturated rings. The van der Waals surface area contributed by atoms with Crippen molar-refractivity contribution < 1.29 is 9.84 Å². The molecule has 0 spiro atoms. The first-order valence-corrected chi connectivity index (χ1v) is 6.18. The number of aromatic nitrogens is 1. The van der Waals surface area contributed by atoms with E-state index in [9.17, 15) is 5.11 Å². The largest absolute Gasteiger partial charge is 0.364 e. The molecular weight excluding hydrogens is 226 g/mol. The average molecular weight is 243 g/mol. The zero-order valence-corrected chi connectivity index (χ0v) is 10.6. The first-order valence-electron chi connectivity index (χ1n) is 6.18. The highest BCUT2D eigenvalue weighted by molar-refractivity contribution is 5.37. The van der Waals surface area contributed by atoms with Crippen LogP contribution in [0.15, 0.2) is 48.8 Å². The number of hydrogen-bond acceptors (Lipinski definition) is 3. The summed E-state index contributed by atoms with van der Waals surface area (Å²) >= 11 is 0. The number of hydrogen-bond donors (Lipinski definition) is 1. The number of ether oxygens (including phenoxy) is 1. The molecular formula is C15H17NO2. The van der Waals surface area contributed by atoms with Crippen molar-refractivity contribution in [2.45, 2.75) is 26.2 Å². The van der Waals surface area contributed by atoms with E-state index in [1.54, 1.807) is 12.4 Å². The van der Waals surface area contributed by atoms with Gasteiger partial charge >= 0.3 is 0 Å². The minimum Gasteiger partial charge on any atom is -0.364 e. The summed E-state index contributed by atoms with van der Waals surface area (Å²) < 4.78 is 5.53. The number of benzene rings is 1. The number of nitrogens with zero attached hydrogens (tertiary/aromatic N) is 1. The molecule has 2 heterocycles. The Kier molecular flexibility index (Phi) is 4.07. The first-order chi connectivity index (χ1) is 8.86. The minimum absolute atomic E-state index is 0.186. The molecule has 94 valence electrons. The summed E-state index contributed by atoms with van der Waals surface area (Å²) in [5, 5.41) is 9.75. The van der Waals surface area contributed by atoms with Gasteiger partial charge in [-0.05, 0) is 17.2 Å². The molecule has 2 unspecified atom stereocenters. The Balaban J connectivity index is 0.000000574. The Morgan fingerprint density at radius 3 is 2.50 bits per heavy atom. The van der Waals surface area contributed by atoms with Crippen LogP contribution >= 0.6 is 0 Å². The molecule has 2 aromatic rings. The third kappa shape index (κ3) is 2.28. The van der Waals surface area contributed by atoms with Crippen LogP contribution in [0.4, 0.5) is 0 Å². The van der Waals surface area contributed by atoms with E-state index in [2.05, 4.69) is 4.98 Å². The van der Waals surface area contributed by atoms with E-state index in [0.29, 0.717) is 0 Å². The molecule has 1 aliphatic rings. The number of fused-ring (bicyclic) bond motifs is 1. The van der Waals surface area contributed by atoms with E-state index < -0.39 is 6.29 Å². The van der Waals surface area contributed by atoms with E-state index in [4.69, 9.17) is 4.74 Å². The Labute approximate surface area is 107 Å². The van der Waals surface area contributed by atoms with Crippen LogP contribution in [0.1, 0.15) is 42.9 Å². The van der Waals surface area contributed by atoms with Crippen molar-refractivity contribution >= 4 is 0 Å². The van der Waals surface area contributed by atoms with Crippen LogP contribution in [0.3, 0.4) is 0 Å². The van der Waals surface area contributed by atoms with Crippen LogP contribution in [0.2, 0.25) is 0 Å². The summed E-state index contributed by atoms with van der Waals surface area (Å²) in [7, 11) is 0. The first kappa shape index (κ1) is 12.7. The number of pyridine rings is 1. The lowest BCUT2D eigenvalue weighted by atomic mass is 10.0. The lowest BCUT2D eigenvalue weighted by Gasteiger charge is -2.11. The Hall–Kier alpha value is -1.71. The second kappa shape index (κ2) is 5.76. The van der Waals surface area contributed by atoms with Crippen LogP contribution in [0.25, 0.3) is 0 Å². The van der Waals surface area contributed by atoms with E-state index >= 15 is 0 Å². The molecule has 1 aromatic heterocycles. The van der Waals surface area contributed by atoms with Crippen molar-refractivity contribution in [1.29, 1.82) is 0 Å². The quantitative estimate of drug-likeness (QED) is 0.836. The maximum Gasteiger partial charge on any atom is 0.184 e. The fourth-order valence-corrected chi connectivity index (χ4v) is 2.02. The maximum absolute atomic E-state index is 9.75. The van der Waals surface area contributed by atoms with E-state index in [1.165, 1.54) is 0 Å². The van der Waals surface area contributed by atoms with Gasteiger partial charge in [-0.25, -0.2) is 0 Å². The van der Waals surface area contributed by atoms with Gasteiger partial charge in [0.25, 0.3) is 0 Å². The second-order valence-electron chi connectivity index (χ2n) is 3.78. The zero-order chi connectivity index (χ0) is 13.0. The summed E-state index contributed by atoms with van der Waals surface area (Å²) in [6.07, 6.45) is 2.32. The fraction of sp³-hybridized carbons (Fsp3) is 0.267. The second-order valence-corrected chi connectivity index (χ2v) is 3.78. The Morgan fingerprint density at radius 1 is 1.06 bits per heavy atom. The van der Waals surface area contributed by atoms with Gasteiger partial charge in [0, 0.05) is 18.0 Å². The summed E-state index contributed by atoms with van der Waals surface area (Å²) in [5.74, 6) is 0. The molecule has 1 N–H and O–H groups in total. The van der Waals surface area contributed by atoms with Crippen LogP contribution in [0, 0.1) is 0 Å². The van der Waals surface area contributed by atoms with Gasteiger partial charge in [-0.1, -0.05) is 44.2 Å². The van der Waals surface area contributed by atoms with Crippen LogP contribution in [-0.2, 0) is 4.74 Å². The molecule has 0 saturated carbocycles. The molecule has 3 nitrogen and oxygen atoms in total. The van der Waals surface area contributed by atoms with Gasteiger partial charge < -0.3 is 9.84 Å². The maximum atomic E-state index is 9.75.